The van der Waals surface area contributed by atoms with Gasteiger partial charge < -0.3 is 10.3 Å². The van der Waals surface area contributed by atoms with E-state index < -0.39 is 10.0 Å². The molecule has 0 saturated carbocycles. The van der Waals surface area contributed by atoms with E-state index in [0.717, 1.165) is 0 Å². The van der Waals surface area contributed by atoms with Gasteiger partial charge in [0.15, 0.2) is 6.33 Å². The van der Waals surface area contributed by atoms with E-state index in [4.69, 9.17) is 10.3 Å². The quantitative estimate of drug-likeness (QED) is 0.776. The average Bonchev–Trinajstić information content (AvgIpc) is 2.86. The van der Waals surface area contributed by atoms with Gasteiger partial charge >= 0.3 is 0 Å². The number of hydrogen-bond acceptors (Lipinski definition) is 6. The molecule has 7 nitrogen and oxygen atoms in total. The second-order valence-electron chi connectivity index (χ2n) is 4.10. The molecule has 0 aliphatic heterocycles. The largest absolute Gasteiger partial charge is 0.398 e. The summed E-state index contributed by atoms with van der Waals surface area (Å²) >= 11 is 3.23. The molecule has 20 heavy (non-hydrogen) atoms. The summed E-state index contributed by atoms with van der Waals surface area (Å²) < 4.78 is 32.3. The fourth-order valence-corrected chi connectivity index (χ4v) is 3.59. The molecule has 108 valence electrons. The van der Waals surface area contributed by atoms with E-state index in [2.05, 4.69) is 30.8 Å². The Bertz CT molecular complexity index is 701. The van der Waals surface area contributed by atoms with Crippen molar-refractivity contribution in [3.05, 3.63) is 34.4 Å². The topological polar surface area (TPSA) is 111 Å². The second kappa shape index (κ2) is 5.90. The minimum absolute atomic E-state index is 0.148. The summed E-state index contributed by atoms with van der Waals surface area (Å²) in [6, 6.07) is 3.17. The maximum atomic E-state index is 12.2. The van der Waals surface area contributed by atoms with Crippen molar-refractivity contribution in [1.29, 1.82) is 0 Å². The van der Waals surface area contributed by atoms with E-state index >= 15 is 0 Å². The van der Waals surface area contributed by atoms with Crippen molar-refractivity contribution < 1.29 is 12.9 Å². The van der Waals surface area contributed by atoms with Crippen LogP contribution in [0.3, 0.4) is 0 Å². The number of sulfonamides is 1. The van der Waals surface area contributed by atoms with E-state index in [1.807, 2.05) is 0 Å². The Kier molecular flexibility index (Phi) is 4.41. The van der Waals surface area contributed by atoms with Crippen molar-refractivity contribution in [1.82, 2.24) is 14.9 Å². The first kappa shape index (κ1) is 14.9. The molecular weight excluding hydrogens is 348 g/mol. The molecule has 0 spiro atoms. The molecule has 0 fully saturated rings. The molecular formula is C11H13BrN4O3S. The number of nitrogens with one attached hydrogen (secondary N) is 1. The van der Waals surface area contributed by atoms with Crippen LogP contribution in [-0.2, 0) is 16.4 Å². The van der Waals surface area contributed by atoms with Crippen LogP contribution in [0.25, 0.3) is 0 Å². The Morgan fingerprint density at radius 1 is 1.45 bits per heavy atom. The lowest BCUT2D eigenvalue weighted by Gasteiger charge is -2.11. The van der Waals surface area contributed by atoms with Crippen molar-refractivity contribution in [3.8, 4) is 0 Å². The minimum atomic E-state index is -3.64. The summed E-state index contributed by atoms with van der Waals surface area (Å²) in [4.78, 5) is 3.96. The zero-order valence-corrected chi connectivity index (χ0v) is 13.0. The van der Waals surface area contributed by atoms with Crippen LogP contribution in [0.5, 0.6) is 0 Å². The highest BCUT2D eigenvalue weighted by molar-refractivity contribution is 9.10. The van der Waals surface area contributed by atoms with Gasteiger partial charge in [0, 0.05) is 23.1 Å². The molecule has 0 atom stereocenters. The van der Waals surface area contributed by atoms with E-state index in [9.17, 15) is 8.42 Å². The van der Waals surface area contributed by atoms with Crippen LogP contribution in [0.2, 0.25) is 0 Å². The third-order valence-corrected chi connectivity index (χ3v) is 4.74. The van der Waals surface area contributed by atoms with Crippen molar-refractivity contribution in [2.75, 3.05) is 12.3 Å². The highest BCUT2D eigenvalue weighted by atomic mass is 79.9. The predicted molar refractivity (Wildman–Crippen MR) is 76.5 cm³/mol. The van der Waals surface area contributed by atoms with Crippen LogP contribution in [0, 0.1) is 6.92 Å². The highest BCUT2D eigenvalue weighted by Crippen LogP contribution is 2.26. The number of aromatic nitrogens is 2. The van der Waals surface area contributed by atoms with Gasteiger partial charge in [0.2, 0.25) is 15.9 Å². The molecule has 3 N–H and O–H groups in total. The first-order valence-corrected chi connectivity index (χ1v) is 7.98. The number of halogens is 1. The van der Waals surface area contributed by atoms with Gasteiger partial charge in [0.25, 0.3) is 0 Å². The smallest absolute Gasteiger partial charge is 0.240 e. The zero-order valence-electron chi connectivity index (χ0n) is 10.6. The van der Waals surface area contributed by atoms with Crippen LogP contribution in [0.1, 0.15) is 11.5 Å². The maximum Gasteiger partial charge on any atom is 0.240 e. The van der Waals surface area contributed by atoms with Gasteiger partial charge in [-0.2, -0.15) is 4.98 Å². The van der Waals surface area contributed by atoms with E-state index in [0.29, 0.717) is 28.0 Å². The lowest BCUT2D eigenvalue weighted by atomic mass is 10.2. The number of nitrogens with zero attached hydrogens (tertiary/aromatic N) is 2. The lowest BCUT2D eigenvalue weighted by Crippen LogP contribution is -2.27. The van der Waals surface area contributed by atoms with Crippen LogP contribution >= 0.6 is 15.9 Å². The van der Waals surface area contributed by atoms with Crippen LogP contribution < -0.4 is 10.5 Å². The average molecular weight is 361 g/mol. The molecule has 1 aromatic heterocycles. The molecule has 2 aromatic rings. The first-order valence-electron chi connectivity index (χ1n) is 5.71. The van der Waals surface area contributed by atoms with Crippen molar-refractivity contribution >= 4 is 31.6 Å². The van der Waals surface area contributed by atoms with Gasteiger partial charge in [-0.25, -0.2) is 13.1 Å². The van der Waals surface area contributed by atoms with Crippen molar-refractivity contribution in [3.63, 3.8) is 0 Å². The molecule has 0 aliphatic rings. The number of nitrogen functional groups attached to an aromatic ring is 1. The normalized spacial score (nSPS) is 11.7. The molecule has 1 aromatic carbocycles. The van der Waals surface area contributed by atoms with Crippen LogP contribution in [0.15, 0.2) is 32.4 Å². The Morgan fingerprint density at radius 3 is 2.85 bits per heavy atom. The van der Waals surface area contributed by atoms with E-state index in [1.165, 1.54) is 12.4 Å². The number of anilines is 1. The summed E-state index contributed by atoms with van der Waals surface area (Å²) in [5.74, 6) is 0.373. The number of rotatable bonds is 5. The van der Waals surface area contributed by atoms with Gasteiger partial charge in [-0.05, 0) is 24.6 Å². The molecule has 1 heterocycles. The Labute approximate surface area is 124 Å². The van der Waals surface area contributed by atoms with Gasteiger partial charge in [0.1, 0.15) is 0 Å². The summed E-state index contributed by atoms with van der Waals surface area (Å²) in [6.07, 6.45) is 1.59. The molecule has 9 heteroatoms. The number of benzene rings is 1. The number of hydrogen-bond donors (Lipinski definition) is 2. The third kappa shape index (κ3) is 3.35. The summed E-state index contributed by atoms with van der Waals surface area (Å²) in [7, 11) is -3.64. The Balaban J connectivity index is 2.14. The fraction of sp³-hybridized carbons (Fsp3) is 0.273. The van der Waals surface area contributed by atoms with Gasteiger partial charge in [0.05, 0.1) is 4.90 Å². The molecule has 0 unspecified atom stereocenters. The molecule has 2 rings (SSSR count). The first-order chi connectivity index (χ1) is 9.40. The van der Waals surface area contributed by atoms with E-state index in [1.54, 1.807) is 13.0 Å². The number of nitrogens with two attached hydrogens (primary N) is 1. The van der Waals surface area contributed by atoms with Crippen molar-refractivity contribution in [2.45, 2.75) is 18.2 Å². The zero-order chi connectivity index (χ0) is 14.8. The Hall–Kier alpha value is -1.45. The molecule has 0 aliphatic carbocycles. The third-order valence-electron chi connectivity index (χ3n) is 2.69. The monoisotopic (exact) mass is 360 g/mol. The maximum absolute atomic E-state index is 12.2. The Morgan fingerprint density at radius 2 is 2.20 bits per heavy atom. The molecule has 0 radical (unpaired) electrons. The van der Waals surface area contributed by atoms with Gasteiger partial charge in [-0.1, -0.05) is 21.1 Å². The highest BCUT2D eigenvalue weighted by Gasteiger charge is 2.18. The standard InChI is InChI=1S/C11H13BrN4O3S/c1-7-9(13)4-8(12)5-10(7)20(17,18)16-3-2-11-14-6-15-19-11/h4-6,16H,2-3,13H2,1H3. The summed E-state index contributed by atoms with van der Waals surface area (Å²) in [5.41, 5.74) is 6.69. The van der Waals surface area contributed by atoms with Gasteiger partial charge in [-0.15, -0.1) is 0 Å². The van der Waals surface area contributed by atoms with Crippen LogP contribution in [-0.4, -0.2) is 25.1 Å². The van der Waals surface area contributed by atoms with Crippen LogP contribution in [0.4, 0.5) is 5.69 Å². The minimum Gasteiger partial charge on any atom is -0.398 e. The lowest BCUT2D eigenvalue weighted by molar-refractivity contribution is 0.377. The fourth-order valence-electron chi connectivity index (χ4n) is 1.63. The van der Waals surface area contributed by atoms with Gasteiger partial charge in [-0.3, -0.25) is 0 Å². The SMILES string of the molecule is Cc1c(N)cc(Br)cc1S(=O)(=O)NCCc1ncno1. The summed E-state index contributed by atoms with van der Waals surface area (Å²) in [6.45, 7) is 1.82. The summed E-state index contributed by atoms with van der Waals surface area (Å²) in [5, 5.41) is 3.45. The van der Waals surface area contributed by atoms with E-state index in [-0.39, 0.29) is 11.4 Å². The van der Waals surface area contributed by atoms with Crippen molar-refractivity contribution in [2.24, 2.45) is 0 Å². The predicted octanol–water partition coefficient (Wildman–Crippen LogP) is 1.24. The second-order valence-corrected chi connectivity index (χ2v) is 6.75. The molecule has 0 saturated heterocycles. The molecule has 0 amide bonds. The molecule has 0 bridgehead atoms.